The van der Waals surface area contributed by atoms with Crippen LogP contribution in [0, 0.1) is 0 Å². The van der Waals surface area contributed by atoms with E-state index in [0.717, 1.165) is 5.75 Å². The first-order valence-corrected chi connectivity index (χ1v) is 7.17. The van der Waals surface area contributed by atoms with E-state index in [2.05, 4.69) is 25.2 Å². The van der Waals surface area contributed by atoms with Crippen LogP contribution in [0.4, 0.5) is 0 Å². The molecule has 20 heavy (non-hydrogen) atoms. The van der Waals surface area contributed by atoms with Gasteiger partial charge in [-0.2, -0.15) is 0 Å². The second-order valence-corrected chi connectivity index (χ2v) is 5.30. The van der Waals surface area contributed by atoms with Crippen molar-refractivity contribution in [2.24, 2.45) is 0 Å². The van der Waals surface area contributed by atoms with Crippen molar-refractivity contribution in [3.63, 3.8) is 0 Å². The number of para-hydroxylation sites is 1. The lowest BCUT2D eigenvalue weighted by molar-refractivity contribution is -0.121. The molecule has 0 aliphatic heterocycles. The van der Waals surface area contributed by atoms with E-state index in [4.69, 9.17) is 9.84 Å². The summed E-state index contributed by atoms with van der Waals surface area (Å²) in [4.78, 5) is 11.5. The van der Waals surface area contributed by atoms with Crippen molar-refractivity contribution in [3.05, 3.63) is 29.8 Å². The van der Waals surface area contributed by atoms with E-state index in [9.17, 15) is 4.79 Å². The second kappa shape index (κ2) is 8.59. The van der Waals surface area contributed by atoms with Gasteiger partial charge in [-0.25, -0.2) is 0 Å². The number of carbonyl (C=O) groups excluding carboxylic acids is 1. The highest BCUT2D eigenvalue weighted by Crippen LogP contribution is 2.25. The first-order valence-electron chi connectivity index (χ1n) is 7.17. The molecule has 0 bridgehead atoms. The van der Waals surface area contributed by atoms with Gasteiger partial charge in [0.15, 0.2) is 0 Å². The topological polar surface area (TPSA) is 58.6 Å². The van der Waals surface area contributed by atoms with Gasteiger partial charge >= 0.3 is 0 Å². The normalized spacial score (nSPS) is 12.2. The number of aliphatic hydroxyl groups excluding tert-OH is 1. The van der Waals surface area contributed by atoms with Gasteiger partial charge in [0.25, 0.3) is 0 Å². The van der Waals surface area contributed by atoms with Crippen molar-refractivity contribution < 1.29 is 14.6 Å². The zero-order valence-corrected chi connectivity index (χ0v) is 12.6. The van der Waals surface area contributed by atoms with Crippen molar-refractivity contribution in [3.8, 4) is 5.75 Å². The van der Waals surface area contributed by atoms with Crippen LogP contribution in [-0.4, -0.2) is 30.3 Å². The van der Waals surface area contributed by atoms with Crippen LogP contribution in [0.3, 0.4) is 0 Å². The van der Waals surface area contributed by atoms with E-state index in [1.165, 1.54) is 5.56 Å². The second-order valence-electron chi connectivity index (χ2n) is 5.30. The zero-order chi connectivity index (χ0) is 15.0. The molecule has 1 aromatic carbocycles. The lowest BCUT2D eigenvalue weighted by Crippen LogP contribution is -2.30. The van der Waals surface area contributed by atoms with Gasteiger partial charge in [0.1, 0.15) is 5.75 Å². The summed E-state index contributed by atoms with van der Waals surface area (Å²) in [5, 5.41) is 11.7. The summed E-state index contributed by atoms with van der Waals surface area (Å²) in [7, 11) is 0. The van der Waals surface area contributed by atoms with Crippen LogP contribution in [-0.2, 0) is 4.79 Å². The number of hydrogen-bond donors (Lipinski definition) is 2. The molecule has 1 aromatic rings. The summed E-state index contributed by atoms with van der Waals surface area (Å²) in [5.41, 5.74) is 1.19. The lowest BCUT2D eigenvalue weighted by atomic mass is 10.0. The molecule has 0 saturated carbocycles. The number of carbonyl (C=O) groups is 1. The standard InChI is InChI=1S/C16H25NO3/c1-12(2)14-7-4-5-8-15(14)20-10-6-9-16(19)17-11-13(3)18/h4-5,7-8,12-13,18H,6,9-11H2,1-3H3,(H,17,19). The SMILES string of the molecule is CC(O)CNC(=O)CCCOc1ccccc1C(C)C. The number of rotatable bonds is 8. The van der Waals surface area contributed by atoms with Crippen LogP contribution in [0.1, 0.15) is 45.1 Å². The molecule has 0 radical (unpaired) electrons. The van der Waals surface area contributed by atoms with Crippen molar-refractivity contribution >= 4 is 5.91 Å². The van der Waals surface area contributed by atoms with Crippen molar-refractivity contribution in [1.29, 1.82) is 0 Å². The molecular formula is C16H25NO3. The number of nitrogens with one attached hydrogen (secondary N) is 1. The van der Waals surface area contributed by atoms with Gasteiger partial charge in [-0.15, -0.1) is 0 Å². The summed E-state index contributed by atoms with van der Waals surface area (Å²) >= 11 is 0. The Labute approximate surface area is 121 Å². The predicted octanol–water partition coefficient (Wildman–Crippen LogP) is 2.47. The Bertz CT molecular complexity index is 416. The fraction of sp³-hybridized carbons (Fsp3) is 0.562. The van der Waals surface area contributed by atoms with Crippen molar-refractivity contribution in [1.82, 2.24) is 5.32 Å². The van der Waals surface area contributed by atoms with E-state index in [1.54, 1.807) is 6.92 Å². The van der Waals surface area contributed by atoms with E-state index < -0.39 is 6.10 Å². The van der Waals surface area contributed by atoms with Crippen LogP contribution in [0.25, 0.3) is 0 Å². The molecule has 1 amide bonds. The van der Waals surface area contributed by atoms with Gasteiger partial charge in [0, 0.05) is 13.0 Å². The molecule has 4 nitrogen and oxygen atoms in total. The van der Waals surface area contributed by atoms with Gasteiger partial charge in [-0.1, -0.05) is 32.0 Å². The van der Waals surface area contributed by atoms with Crippen LogP contribution in [0.5, 0.6) is 5.75 Å². The number of benzene rings is 1. The molecule has 0 spiro atoms. The van der Waals surface area contributed by atoms with Gasteiger partial charge < -0.3 is 15.2 Å². The maximum absolute atomic E-state index is 11.5. The number of hydrogen-bond acceptors (Lipinski definition) is 3. The zero-order valence-electron chi connectivity index (χ0n) is 12.6. The lowest BCUT2D eigenvalue weighted by Gasteiger charge is -2.13. The Morgan fingerprint density at radius 1 is 1.30 bits per heavy atom. The third-order valence-electron chi connectivity index (χ3n) is 2.94. The molecule has 1 atom stereocenters. The quantitative estimate of drug-likeness (QED) is 0.719. The predicted molar refractivity (Wildman–Crippen MR) is 80.0 cm³/mol. The van der Waals surface area contributed by atoms with Crippen molar-refractivity contribution in [2.75, 3.05) is 13.2 Å². The Morgan fingerprint density at radius 3 is 2.65 bits per heavy atom. The highest BCUT2D eigenvalue weighted by Gasteiger charge is 2.07. The third-order valence-corrected chi connectivity index (χ3v) is 2.94. The smallest absolute Gasteiger partial charge is 0.220 e. The largest absolute Gasteiger partial charge is 0.493 e. The molecule has 1 rings (SSSR count). The molecule has 0 aromatic heterocycles. The number of ether oxygens (including phenoxy) is 1. The Kier molecular flexibility index (Phi) is 7.09. The molecule has 4 heteroatoms. The average Bonchev–Trinajstić information content (AvgIpc) is 2.41. The maximum atomic E-state index is 11.5. The van der Waals surface area contributed by atoms with Crippen LogP contribution >= 0.6 is 0 Å². The minimum atomic E-state index is -0.506. The summed E-state index contributed by atoms with van der Waals surface area (Å²) in [6, 6.07) is 7.99. The van der Waals surface area contributed by atoms with E-state index in [1.807, 2.05) is 18.2 Å². The van der Waals surface area contributed by atoms with Crippen molar-refractivity contribution in [2.45, 2.75) is 45.6 Å². The molecule has 0 heterocycles. The van der Waals surface area contributed by atoms with E-state index in [-0.39, 0.29) is 5.91 Å². The monoisotopic (exact) mass is 279 g/mol. The molecule has 0 saturated heterocycles. The van der Waals surface area contributed by atoms with E-state index in [0.29, 0.717) is 31.9 Å². The molecule has 112 valence electrons. The Morgan fingerprint density at radius 2 is 2.00 bits per heavy atom. The summed E-state index contributed by atoms with van der Waals surface area (Å²) in [6.07, 6.45) is 0.572. The number of amides is 1. The van der Waals surface area contributed by atoms with Crippen LogP contribution in [0.15, 0.2) is 24.3 Å². The van der Waals surface area contributed by atoms with Gasteiger partial charge in [0.2, 0.25) is 5.91 Å². The average molecular weight is 279 g/mol. The highest BCUT2D eigenvalue weighted by molar-refractivity contribution is 5.75. The fourth-order valence-corrected chi connectivity index (χ4v) is 1.85. The van der Waals surface area contributed by atoms with Gasteiger partial charge in [-0.05, 0) is 30.9 Å². The Hall–Kier alpha value is -1.55. The molecule has 0 aliphatic rings. The molecule has 1 unspecified atom stereocenters. The molecule has 0 fully saturated rings. The van der Waals surface area contributed by atoms with Gasteiger partial charge in [0.05, 0.1) is 12.7 Å². The summed E-state index contributed by atoms with van der Waals surface area (Å²) in [6.45, 7) is 6.73. The first-order chi connectivity index (χ1) is 9.50. The maximum Gasteiger partial charge on any atom is 0.220 e. The Balaban J connectivity index is 2.29. The highest BCUT2D eigenvalue weighted by atomic mass is 16.5. The minimum absolute atomic E-state index is 0.0494. The summed E-state index contributed by atoms with van der Waals surface area (Å²) in [5.74, 6) is 1.26. The number of aliphatic hydroxyl groups is 1. The van der Waals surface area contributed by atoms with Crippen LogP contribution < -0.4 is 10.1 Å². The first kappa shape index (κ1) is 16.5. The van der Waals surface area contributed by atoms with Gasteiger partial charge in [-0.3, -0.25) is 4.79 Å². The molecule has 2 N–H and O–H groups in total. The molecular weight excluding hydrogens is 254 g/mol. The third kappa shape index (κ3) is 6.06. The summed E-state index contributed by atoms with van der Waals surface area (Å²) < 4.78 is 5.75. The van der Waals surface area contributed by atoms with E-state index >= 15 is 0 Å². The minimum Gasteiger partial charge on any atom is -0.493 e. The molecule has 0 aliphatic carbocycles. The van der Waals surface area contributed by atoms with Crippen LogP contribution in [0.2, 0.25) is 0 Å². The fourth-order valence-electron chi connectivity index (χ4n) is 1.85.